The summed E-state index contributed by atoms with van der Waals surface area (Å²) in [6, 6.07) is 10.2. The van der Waals surface area contributed by atoms with Crippen LogP contribution in [0.1, 0.15) is 0 Å². The van der Waals surface area contributed by atoms with E-state index in [0.717, 1.165) is 0 Å². The molecule has 0 fully saturated rings. The van der Waals surface area contributed by atoms with Crippen LogP contribution in [-0.4, -0.2) is 28.0 Å². The van der Waals surface area contributed by atoms with Gasteiger partial charge >= 0.3 is 0 Å². The molecule has 1 N–H and O–H groups in total. The lowest BCUT2D eigenvalue weighted by Gasteiger charge is -2.07. The molecule has 0 saturated carbocycles. The van der Waals surface area contributed by atoms with Crippen molar-refractivity contribution in [1.82, 2.24) is 19.6 Å². The van der Waals surface area contributed by atoms with Gasteiger partial charge in [-0.05, 0) is 12.1 Å². The molecule has 0 unspecified atom stereocenters. The smallest absolute Gasteiger partial charge is 0.277 e. The summed E-state index contributed by atoms with van der Waals surface area (Å²) in [7, 11) is -3.81. The molecular formula is C11H9N5O2S. The molecule has 0 spiro atoms. The molecule has 0 amide bonds. The number of aromatic nitrogens is 4. The summed E-state index contributed by atoms with van der Waals surface area (Å²) >= 11 is 0. The molecule has 19 heavy (non-hydrogen) atoms. The first-order chi connectivity index (χ1) is 9.17. The van der Waals surface area contributed by atoms with Crippen LogP contribution < -0.4 is 4.72 Å². The fourth-order valence-corrected chi connectivity index (χ4v) is 2.73. The summed E-state index contributed by atoms with van der Waals surface area (Å²) < 4.78 is 28.1. The molecule has 0 aliphatic carbocycles. The second-order valence-electron chi connectivity index (χ2n) is 3.73. The van der Waals surface area contributed by atoms with Crippen LogP contribution in [0.25, 0.3) is 5.65 Å². The van der Waals surface area contributed by atoms with Crippen LogP contribution >= 0.6 is 0 Å². The quantitative estimate of drug-likeness (QED) is 0.718. The largest absolute Gasteiger partial charge is 0.297 e. The first-order valence-corrected chi connectivity index (χ1v) is 6.88. The van der Waals surface area contributed by atoms with E-state index in [0.29, 0.717) is 11.3 Å². The van der Waals surface area contributed by atoms with E-state index < -0.39 is 10.0 Å². The minimum atomic E-state index is -3.81. The zero-order valence-corrected chi connectivity index (χ0v) is 10.4. The molecule has 0 saturated heterocycles. The fourth-order valence-electron chi connectivity index (χ4n) is 1.62. The number of sulfonamides is 1. The van der Waals surface area contributed by atoms with E-state index in [9.17, 15) is 8.42 Å². The van der Waals surface area contributed by atoms with Gasteiger partial charge in [-0.2, -0.15) is 18.0 Å². The Morgan fingerprint density at radius 3 is 2.63 bits per heavy atom. The van der Waals surface area contributed by atoms with Crippen LogP contribution in [0.3, 0.4) is 0 Å². The van der Waals surface area contributed by atoms with Gasteiger partial charge in [0, 0.05) is 18.0 Å². The van der Waals surface area contributed by atoms with Gasteiger partial charge in [-0.25, -0.2) is 9.97 Å². The van der Waals surface area contributed by atoms with Crippen LogP contribution in [-0.2, 0) is 10.0 Å². The van der Waals surface area contributed by atoms with Crippen LogP contribution in [0.2, 0.25) is 0 Å². The van der Waals surface area contributed by atoms with Gasteiger partial charge in [0.2, 0.25) is 0 Å². The number of nitrogens with one attached hydrogen (secondary N) is 1. The van der Waals surface area contributed by atoms with E-state index in [-0.39, 0.29) is 5.16 Å². The minimum absolute atomic E-state index is 0.202. The van der Waals surface area contributed by atoms with E-state index in [1.54, 1.807) is 36.4 Å². The molecule has 2 aromatic heterocycles. The van der Waals surface area contributed by atoms with Gasteiger partial charge in [0.15, 0.2) is 5.65 Å². The number of rotatable bonds is 3. The molecule has 3 aromatic rings. The minimum Gasteiger partial charge on any atom is -0.277 e. The van der Waals surface area contributed by atoms with Crippen molar-refractivity contribution in [2.24, 2.45) is 0 Å². The maximum Gasteiger partial charge on any atom is 0.297 e. The Morgan fingerprint density at radius 2 is 1.84 bits per heavy atom. The molecule has 0 bridgehead atoms. The molecule has 7 nitrogen and oxygen atoms in total. The van der Waals surface area contributed by atoms with Crippen molar-refractivity contribution in [3.63, 3.8) is 0 Å². The fraction of sp³-hybridized carbons (Fsp3) is 0. The van der Waals surface area contributed by atoms with Gasteiger partial charge in [-0.3, -0.25) is 4.72 Å². The van der Waals surface area contributed by atoms with Crippen LogP contribution in [0, 0.1) is 0 Å². The SMILES string of the molecule is O=S(=O)(Nc1ccccc1)c1nccc2ncnn12. The van der Waals surface area contributed by atoms with Crippen molar-refractivity contribution in [1.29, 1.82) is 0 Å². The van der Waals surface area contributed by atoms with Crippen molar-refractivity contribution >= 4 is 21.4 Å². The summed E-state index contributed by atoms with van der Waals surface area (Å²) in [6.45, 7) is 0. The third-order valence-corrected chi connectivity index (χ3v) is 3.69. The zero-order valence-electron chi connectivity index (χ0n) is 9.63. The second kappa shape index (κ2) is 4.32. The van der Waals surface area contributed by atoms with E-state index in [2.05, 4.69) is 19.8 Å². The van der Waals surface area contributed by atoms with Gasteiger partial charge in [-0.15, -0.1) is 0 Å². The van der Waals surface area contributed by atoms with E-state index in [1.807, 2.05) is 0 Å². The zero-order chi connectivity index (χ0) is 13.3. The Morgan fingerprint density at radius 1 is 1.05 bits per heavy atom. The molecule has 0 atom stereocenters. The first kappa shape index (κ1) is 11.6. The Hall–Kier alpha value is -2.48. The first-order valence-electron chi connectivity index (χ1n) is 5.39. The van der Waals surface area contributed by atoms with Crippen molar-refractivity contribution in [3.05, 3.63) is 48.9 Å². The van der Waals surface area contributed by atoms with Gasteiger partial charge in [-0.1, -0.05) is 18.2 Å². The highest BCUT2D eigenvalue weighted by atomic mass is 32.2. The van der Waals surface area contributed by atoms with E-state index in [1.165, 1.54) is 17.0 Å². The number of para-hydroxylation sites is 1. The van der Waals surface area contributed by atoms with Crippen LogP contribution in [0.5, 0.6) is 0 Å². The Kier molecular flexibility index (Phi) is 2.64. The van der Waals surface area contributed by atoms with Crippen molar-refractivity contribution in [2.45, 2.75) is 5.16 Å². The third-order valence-electron chi connectivity index (χ3n) is 2.43. The van der Waals surface area contributed by atoms with Crippen LogP contribution in [0.15, 0.2) is 54.1 Å². The number of benzene rings is 1. The number of fused-ring (bicyclic) bond motifs is 1. The summed E-state index contributed by atoms with van der Waals surface area (Å²) in [5, 5.41) is 3.65. The molecule has 8 heteroatoms. The average Bonchev–Trinajstić information content (AvgIpc) is 2.87. The predicted octanol–water partition coefficient (Wildman–Crippen LogP) is 0.925. The lowest BCUT2D eigenvalue weighted by molar-refractivity contribution is 0.585. The van der Waals surface area contributed by atoms with Gasteiger partial charge in [0.1, 0.15) is 6.33 Å². The molecule has 1 aromatic carbocycles. The highest BCUT2D eigenvalue weighted by Crippen LogP contribution is 2.13. The highest BCUT2D eigenvalue weighted by Gasteiger charge is 2.20. The second-order valence-corrected chi connectivity index (χ2v) is 5.31. The molecule has 0 radical (unpaired) electrons. The van der Waals surface area contributed by atoms with Gasteiger partial charge < -0.3 is 0 Å². The average molecular weight is 275 g/mol. The molecular weight excluding hydrogens is 266 g/mol. The lowest BCUT2D eigenvalue weighted by atomic mass is 10.3. The summed E-state index contributed by atoms with van der Waals surface area (Å²) in [4.78, 5) is 7.78. The lowest BCUT2D eigenvalue weighted by Crippen LogP contribution is -2.18. The number of nitrogens with zero attached hydrogens (tertiary/aromatic N) is 4. The number of hydrogen-bond donors (Lipinski definition) is 1. The molecule has 3 rings (SSSR count). The van der Waals surface area contributed by atoms with Gasteiger partial charge in [0.25, 0.3) is 15.2 Å². The standard InChI is InChI=1S/C11H9N5O2S/c17-19(18,15-9-4-2-1-3-5-9)11-12-7-6-10-13-8-14-16(10)11/h1-8,15H. The van der Waals surface area contributed by atoms with Crippen molar-refractivity contribution in [2.75, 3.05) is 4.72 Å². The highest BCUT2D eigenvalue weighted by molar-refractivity contribution is 7.92. The van der Waals surface area contributed by atoms with Crippen molar-refractivity contribution in [3.8, 4) is 0 Å². The monoisotopic (exact) mass is 275 g/mol. The molecule has 2 heterocycles. The topological polar surface area (TPSA) is 89.2 Å². The van der Waals surface area contributed by atoms with E-state index in [4.69, 9.17) is 0 Å². The summed E-state index contributed by atoms with van der Waals surface area (Å²) in [5.41, 5.74) is 0.879. The third kappa shape index (κ3) is 2.13. The van der Waals surface area contributed by atoms with Crippen LogP contribution in [0.4, 0.5) is 5.69 Å². The Balaban J connectivity index is 2.08. The summed E-state index contributed by atoms with van der Waals surface area (Å²) in [6.07, 6.45) is 2.65. The number of hydrogen-bond acceptors (Lipinski definition) is 5. The number of anilines is 1. The maximum absolute atomic E-state index is 12.3. The molecule has 96 valence electrons. The normalized spacial score (nSPS) is 11.6. The van der Waals surface area contributed by atoms with Gasteiger partial charge in [0.05, 0.1) is 0 Å². The van der Waals surface area contributed by atoms with E-state index >= 15 is 0 Å². The van der Waals surface area contributed by atoms with Crippen molar-refractivity contribution < 1.29 is 8.42 Å². The molecule has 0 aliphatic heterocycles. The Labute approximate surface area is 109 Å². The summed E-state index contributed by atoms with van der Waals surface area (Å²) in [5.74, 6) is 0. The predicted molar refractivity (Wildman–Crippen MR) is 68.0 cm³/mol. The molecule has 0 aliphatic rings. The maximum atomic E-state index is 12.3. The Bertz CT molecular complexity index is 813.